The number of halogens is 1. The second-order valence-electron chi connectivity index (χ2n) is 6.21. The first kappa shape index (κ1) is 23.6. The highest BCUT2D eigenvalue weighted by atomic mass is 32.2. The van der Waals surface area contributed by atoms with Crippen molar-refractivity contribution in [3.63, 3.8) is 0 Å². The normalized spacial score (nSPS) is 11.3. The van der Waals surface area contributed by atoms with Crippen molar-refractivity contribution in [3.05, 3.63) is 74.9 Å². The molecule has 0 aliphatic rings. The number of aryl methyl sites for hydroxylation is 1. The Kier molecular flexibility index (Phi) is 7.94. The lowest BCUT2D eigenvalue weighted by atomic mass is 10.2. The summed E-state index contributed by atoms with van der Waals surface area (Å²) in [5.74, 6) is -2.93. The van der Waals surface area contributed by atoms with E-state index in [2.05, 4.69) is 4.74 Å². The van der Waals surface area contributed by atoms with Crippen molar-refractivity contribution in [2.24, 2.45) is 0 Å². The van der Waals surface area contributed by atoms with E-state index in [-0.39, 0.29) is 0 Å². The van der Waals surface area contributed by atoms with Crippen LogP contribution in [0, 0.1) is 22.9 Å². The number of anilines is 1. The molecule has 1 amide bonds. The highest BCUT2D eigenvalue weighted by Gasteiger charge is 2.15. The van der Waals surface area contributed by atoms with Gasteiger partial charge >= 0.3 is 5.97 Å². The first-order valence-electron chi connectivity index (χ1n) is 8.69. The van der Waals surface area contributed by atoms with Gasteiger partial charge in [0.1, 0.15) is 12.4 Å². The van der Waals surface area contributed by atoms with Crippen LogP contribution in [-0.4, -0.2) is 38.4 Å². The first-order chi connectivity index (χ1) is 14.6. The van der Waals surface area contributed by atoms with Crippen LogP contribution in [-0.2, 0) is 24.3 Å². The van der Waals surface area contributed by atoms with E-state index in [1.165, 1.54) is 6.08 Å². The molecule has 0 radical (unpaired) electrons. The van der Waals surface area contributed by atoms with Gasteiger partial charge in [-0.1, -0.05) is 29.8 Å². The minimum atomic E-state index is -3.94. The maximum Gasteiger partial charge on any atom is 0.321 e. The van der Waals surface area contributed by atoms with Gasteiger partial charge in [-0.2, -0.15) is 0 Å². The maximum absolute atomic E-state index is 13.6. The fourth-order valence-electron chi connectivity index (χ4n) is 2.16. The molecule has 0 aliphatic heterocycles. The summed E-state index contributed by atoms with van der Waals surface area (Å²) in [5.41, 5.74) is 0.751. The SMILES string of the molecule is Cc1ccc(C=CS(=O)(=O)NCC(=O)OCC(=O)Nc2cc([N+](=O)[O-])ccc2F)cc1. The second-order valence-corrected chi connectivity index (χ2v) is 7.86. The van der Waals surface area contributed by atoms with Gasteiger partial charge in [-0.05, 0) is 24.6 Å². The van der Waals surface area contributed by atoms with E-state index in [0.29, 0.717) is 5.56 Å². The molecule has 164 valence electrons. The number of carbonyl (C=O) groups excluding carboxylic acids is 2. The molecule has 2 aromatic rings. The van der Waals surface area contributed by atoms with Crippen LogP contribution in [0.1, 0.15) is 11.1 Å². The number of ether oxygens (including phenoxy) is 1. The summed E-state index contributed by atoms with van der Waals surface area (Å²) >= 11 is 0. The zero-order chi connectivity index (χ0) is 23.0. The van der Waals surface area contributed by atoms with Crippen LogP contribution in [0.3, 0.4) is 0 Å². The van der Waals surface area contributed by atoms with Gasteiger partial charge in [-0.3, -0.25) is 19.7 Å². The number of rotatable bonds is 9. The van der Waals surface area contributed by atoms with Crippen LogP contribution in [0.5, 0.6) is 0 Å². The minimum Gasteiger partial charge on any atom is -0.455 e. The number of nitro benzene ring substituents is 1. The summed E-state index contributed by atoms with van der Waals surface area (Å²) < 4.78 is 44.0. The standard InChI is InChI=1S/C19H18FN3O7S/c1-13-2-4-14(5-3-13)8-9-31(28,29)21-11-19(25)30-12-18(24)22-17-10-15(23(26)27)6-7-16(17)20/h2-10,21H,11-12H2,1H3,(H,22,24). The number of nitrogens with one attached hydrogen (secondary N) is 2. The molecule has 0 saturated heterocycles. The molecule has 0 bridgehead atoms. The Morgan fingerprint density at radius 3 is 2.52 bits per heavy atom. The molecule has 0 fully saturated rings. The predicted molar refractivity (Wildman–Crippen MR) is 110 cm³/mol. The number of nitrogens with zero attached hydrogens (tertiary/aromatic N) is 1. The van der Waals surface area contributed by atoms with E-state index in [0.717, 1.165) is 29.2 Å². The van der Waals surface area contributed by atoms with Gasteiger partial charge in [0.15, 0.2) is 6.61 Å². The Morgan fingerprint density at radius 1 is 1.19 bits per heavy atom. The average molecular weight is 451 g/mol. The molecule has 0 unspecified atom stereocenters. The van der Waals surface area contributed by atoms with E-state index in [4.69, 9.17) is 0 Å². The number of nitro groups is 1. The summed E-state index contributed by atoms with van der Waals surface area (Å²) in [4.78, 5) is 33.3. The second kappa shape index (κ2) is 10.4. The molecule has 10 nitrogen and oxygen atoms in total. The third-order valence-corrected chi connectivity index (χ3v) is 4.77. The topological polar surface area (TPSA) is 145 Å². The molecular formula is C19H18FN3O7S. The molecule has 2 aromatic carbocycles. The zero-order valence-electron chi connectivity index (χ0n) is 16.2. The lowest BCUT2D eigenvalue weighted by Gasteiger charge is -2.08. The van der Waals surface area contributed by atoms with Crippen molar-refractivity contribution >= 4 is 39.4 Å². The third-order valence-electron chi connectivity index (χ3n) is 3.73. The van der Waals surface area contributed by atoms with Crippen molar-refractivity contribution in [2.75, 3.05) is 18.5 Å². The van der Waals surface area contributed by atoms with Gasteiger partial charge < -0.3 is 10.1 Å². The number of non-ortho nitro benzene ring substituents is 1. The molecule has 2 N–H and O–H groups in total. The smallest absolute Gasteiger partial charge is 0.321 e. The summed E-state index contributed by atoms with van der Waals surface area (Å²) in [7, 11) is -3.94. The summed E-state index contributed by atoms with van der Waals surface area (Å²) in [6.07, 6.45) is 1.34. The van der Waals surface area contributed by atoms with Gasteiger partial charge in [-0.15, -0.1) is 0 Å². The molecule has 0 heterocycles. The molecular weight excluding hydrogens is 433 g/mol. The van der Waals surface area contributed by atoms with E-state index < -0.39 is 57.2 Å². The number of hydrogen-bond acceptors (Lipinski definition) is 7. The number of benzene rings is 2. The molecule has 0 aliphatic carbocycles. The van der Waals surface area contributed by atoms with Crippen molar-refractivity contribution in [1.29, 1.82) is 0 Å². The zero-order valence-corrected chi connectivity index (χ0v) is 17.0. The van der Waals surface area contributed by atoms with Gasteiger partial charge in [-0.25, -0.2) is 17.5 Å². The van der Waals surface area contributed by atoms with E-state index >= 15 is 0 Å². The summed E-state index contributed by atoms with van der Waals surface area (Å²) in [6, 6.07) is 9.59. The number of sulfonamides is 1. The van der Waals surface area contributed by atoms with Gasteiger partial charge in [0, 0.05) is 17.5 Å². The molecule has 0 saturated carbocycles. The Balaban J connectivity index is 1.82. The van der Waals surface area contributed by atoms with Crippen LogP contribution < -0.4 is 10.0 Å². The van der Waals surface area contributed by atoms with Crippen molar-refractivity contribution < 1.29 is 32.1 Å². The highest BCUT2D eigenvalue weighted by Crippen LogP contribution is 2.21. The van der Waals surface area contributed by atoms with Crippen molar-refractivity contribution in [2.45, 2.75) is 6.92 Å². The molecule has 0 atom stereocenters. The third kappa shape index (κ3) is 7.95. The molecule has 0 aromatic heterocycles. The average Bonchev–Trinajstić information content (AvgIpc) is 2.72. The number of esters is 1. The molecule has 2 rings (SSSR count). The number of hydrogen-bond donors (Lipinski definition) is 2. The summed E-state index contributed by atoms with van der Waals surface area (Å²) in [6.45, 7) is 0.304. The van der Waals surface area contributed by atoms with Crippen molar-refractivity contribution in [3.8, 4) is 0 Å². The lowest BCUT2D eigenvalue weighted by Crippen LogP contribution is -2.31. The predicted octanol–water partition coefficient (Wildman–Crippen LogP) is 2.11. The molecule has 0 spiro atoms. The largest absolute Gasteiger partial charge is 0.455 e. The van der Waals surface area contributed by atoms with E-state index in [1.807, 2.05) is 29.1 Å². The van der Waals surface area contributed by atoms with E-state index in [9.17, 15) is 32.5 Å². The summed E-state index contributed by atoms with van der Waals surface area (Å²) in [5, 5.41) is 13.6. The Bertz CT molecular complexity index is 1120. The fraction of sp³-hybridized carbons (Fsp3) is 0.158. The Hall–Kier alpha value is -3.64. The number of amides is 1. The van der Waals surface area contributed by atoms with Crippen LogP contribution in [0.4, 0.5) is 15.8 Å². The van der Waals surface area contributed by atoms with Crippen LogP contribution in [0.2, 0.25) is 0 Å². The van der Waals surface area contributed by atoms with Gasteiger partial charge in [0.2, 0.25) is 10.0 Å². The lowest BCUT2D eigenvalue weighted by molar-refractivity contribution is -0.384. The first-order valence-corrected chi connectivity index (χ1v) is 10.2. The van der Waals surface area contributed by atoms with Crippen LogP contribution >= 0.6 is 0 Å². The minimum absolute atomic E-state index is 0.443. The highest BCUT2D eigenvalue weighted by molar-refractivity contribution is 7.92. The molecule has 12 heteroatoms. The van der Waals surface area contributed by atoms with Gasteiger partial charge in [0.25, 0.3) is 11.6 Å². The Morgan fingerprint density at radius 2 is 1.87 bits per heavy atom. The van der Waals surface area contributed by atoms with E-state index in [1.54, 1.807) is 12.1 Å². The van der Waals surface area contributed by atoms with Crippen LogP contribution in [0.15, 0.2) is 47.9 Å². The van der Waals surface area contributed by atoms with Crippen molar-refractivity contribution in [1.82, 2.24) is 4.72 Å². The Labute approximate surface area is 176 Å². The van der Waals surface area contributed by atoms with Crippen LogP contribution in [0.25, 0.3) is 6.08 Å². The molecule has 31 heavy (non-hydrogen) atoms. The quantitative estimate of drug-likeness (QED) is 0.337. The monoisotopic (exact) mass is 451 g/mol. The fourth-order valence-corrected chi connectivity index (χ4v) is 2.91. The van der Waals surface area contributed by atoms with Gasteiger partial charge in [0.05, 0.1) is 10.6 Å². The number of carbonyl (C=O) groups is 2. The maximum atomic E-state index is 13.6.